The third-order valence-electron chi connectivity index (χ3n) is 3.32. The first-order valence-electron chi connectivity index (χ1n) is 6.83. The van der Waals surface area contributed by atoms with Crippen molar-refractivity contribution in [1.29, 1.82) is 0 Å². The summed E-state index contributed by atoms with van der Waals surface area (Å²) in [4.78, 5) is 0.0197. The highest BCUT2D eigenvalue weighted by molar-refractivity contribution is 7.89. The number of sulfonamides is 1. The van der Waals surface area contributed by atoms with Crippen LogP contribution in [0.2, 0.25) is 0 Å². The summed E-state index contributed by atoms with van der Waals surface area (Å²) in [5.74, 6) is 0.689. The molecule has 5 nitrogen and oxygen atoms in total. The Hall–Kier alpha value is -2.12. The van der Waals surface area contributed by atoms with Gasteiger partial charge in [-0.05, 0) is 48.4 Å². The number of ether oxygens (including phenoxy) is 2. The van der Waals surface area contributed by atoms with Crippen molar-refractivity contribution < 1.29 is 22.3 Å². The maximum Gasteiger partial charge on any atom is 0.240 e. The summed E-state index contributed by atoms with van der Waals surface area (Å²) >= 11 is 0. The van der Waals surface area contributed by atoms with Crippen molar-refractivity contribution in [3.8, 4) is 11.5 Å². The van der Waals surface area contributed by atoms with Gasteiger partial charge in [-0.2, -0.15) is 0 Å². The molecule has 23 heavy (non-hydrogen) atoms. The van der Waals surface area contributed by atoms with Crippen LogP contribution in [0.15, 0.2) is 41.3 Å². The topological polar surface area (TPSA) is 64.6 Å². The van der Waals surface area contributed by atoms with Gasteiger partial charge in [0.1, 0.15) is 17.3 Å². The van der Waals surface area contributed by atoms with Gasteiger partial charge in [-0.15, -0.1) is 0 Å². The van der Waals surface area contributed by atoms with Crippen LogP contribution in [0, 0.1) is 12.7 Å². The lowest BCUT2D eigenvalue weighted by atomic mass is 10.2. The molecule has 0 aliphatic carbocycles. The van der Waals surface area contributed by atoms with E-state index < -0.39 is 15.8 Å². The molecule has 0 saturated heterocycles. The summed E-state index contributed by atoms with van der Waals surface area (Å²) in [6.45, 7) is 1.58. The van der Waals surface area contributed by atoms with Gasteiger partial charge in [0, 0.05) is 12.6 Å². The van der Waals surface area contributed by atoms with Gasteiger partial charge in [0.25, 0.3) is 0 Å². The van der Waals surface area contributed by atoms with Crippen LogP contribution < -0.4 is 14.2 Å². The first-order chi connectivity index (χ1) is 10.9. The number of aryl methyl sites for hydroxylation is 1. The summed E-state index contributed by atoms with van der Waals surface area (Å²) in [5, 5.41) is 0. The predicted molar refractivity (Wildman–Crippen MR) is 84.7 cm³/mol. The van der Waals surface area contributed by atoms with E-state index in [-0.39, 0.29) is 17.0 Å². The molecule has 0 bridgehead atoms. The van der Waals surface area contributed by atoms with E-state index in [1.54, 1.807) is 18.2 Å². The van der Waals surface area contributed by atoms with Crippen LogP contribution in [0.5, 0.6) is 11.5 Å². The number of hydrogen-bond acceptors (Lipinski definition) is 4. The molecule has 0 unspecified atom stereocenters. The highest BCUT2D eigenvalue weighted by Crippen LogP contribution is 2.23. The molecular formula is C16H18FNO4S. The lowest BCUT2D eigenvalue weighted by molar-refractivity contribution is 0.393. The van der Waals surface area contributed by atoms with Crippen molar-refractivity contribution in [2.75, 3.05) is 14.2 Å². The average Bonchev–Trinajstić information content (AvgIpc) is 2.55. The standard InChI is InChI=1S/C16H18FNO4S/c1-11-6-15(4-5-16(11)17)23(19,20)18-10-12-7-13(21-2)9-14(8-12)22-3/h4-9,18H,10H2,1-3H3. The summed E-state index contributed by atoms with van der Waals surface area (Å²) in [6.07, 6.45) is 0. The molecule has 0 amide bonds. The number of rotatable bonds is 6. The summed E-state index contributed by atoms with van der Waals surface area (Å²) in [7, 11) is -0.699. The van der Waals surface area contributed by atoms with Gasteiger partial charge in [-0.25, -0.2) is 17.5 Å². The zero-order valence-electron chi connectivity index (χ0n) is 13.1. The lowest BCUT2D eigenvalue weighted by Crippen LogP contribution is -2.23. The van der Waals surface area contributed by atoms with Crippen molar-refractivity contribution >= 4 is 10.0 Å². The SMILES string of the molecule is COc1cc(CNS(=O)(=O)c2ccc(F)c(C)c2)cc(OC)c1. The lowest BCUT2D eigenvalue weighted by Gasteiger charge is -2.10. The van der Waals surface area contributed by atoms with E-state index in [9.17, 15) is 12.8 Å². The third-order valence-corrected chi connectivity index (χ3v) is 4.72. The molecule has 0 saturated carbocycles. The Morgan fingerprint density at radius 2 is 1.65 bits per heavy atom. The van der Waals surface area contributed by atoms with E-state index in [2.05, 4.69) is 4.72 Å². The summed E-state index contributed by atoms with van der Waals surface area (Å²) < 4.78 is 50.6. The zero-order valence-corrected chi connectivity index (χ0v) is 13.9. The highest BCUT2D eigenvalue weighted by Gasteiger charge is 2.15. The van der Waals surface area contributed by atoms with Crippen LogP contribution in [-0.2, 0) is 16.6 Å². The van der Waals surface area contributed by atoms with E-state index in [4.69, 9.17) is 9.47 Å². The van der Waals surface area contributed by atoms with E-state index >= 15 is 0 Å². The number of hydrogen-bond donors (Lipinski definition) is 1. The molecule has 0 spiro atoms. The highest BCUT2D eigenvalue weighted by atomic mass is 32.2. The Labute approximate surface area is 135 Å². The molecule has 0 aliphatic heterocycles. The van der Waals surface area contributed by atoms with Crippen molar-refractivity contribution in [1.82, 2.24) is 4.72 Å². The molecule has 0 aromatic heterocycles. The molecule has 1 N–H and O–H groups in total. The molecule has 124 valence electrons. The Morgan fingerprint density at radius 3 is 2.17 bits per heavy atom. The van der Waals surface area contributed by atoms with Gasteiger partial charge in [0.2, 0.25) is 10.0 Å². The molecule has 0 aliphatic rings. The first kappa shape index (κ1) is 17.2. The van der Waals surface area contributed by atoms with Crippen LogP contribution in [-0.4, -0.2) is 22.6 Å². The molecule has 0 fully saturated rings. The molecule has 0 heterocycles. The summed E-state index contributed by atoms with van der Waals surface area (Å²) in [6, 6.07) is 8.78. The Balaban J connectivity index is 2.20. The van der Waals surface area contributed by atoms with Crippen LogP contribution in [0.4, 0.5) is 4.39 Å². The second kappa shape index (κ2) is 6.97. The first-order valence-corrected chi connectivity index (χ1v) is 8.32. The number of nitrogens with one attached hydrogen (secondary N) is 1. The van der Waals surface area contributed by atoms with Crippen LogP contribution in [0.1, 0.15) is 11.1 Å². The number of benzene rings is 2. The molecule has 7 heteroatoms. The predicted octanol–water partition coefficient (Wildman–Crippen LogP) is 2.63. The Bertz CT molecular complexity index is 783. The van der Waals surface area contributed by atoms with Gasteiger partial charge in [0.05, 0.1) is 19.1 Å². The quantitative estimate of drug-likeness (QED) is 0.879. The second-order valence-corrected chi connectivity index (χ2v) is 6.72. The number of methoxy groups -OCH3 is 2. The monoisotopic (exact) mass is 339 g/mol. The van der Waals surface area contributed by atoms with Crippen LogP contribution in [0.3, 0.4) is 0 Å². The van der Waals surface area contributed by atoms with Gasteiger partial charge in [-0.3, -0.25) is 0 Å². The average molecular weight is 339 g/mol. The van der Waals surface area contributed by atoms with Crippen molar-refractivity contribution in [2.24, 2.45) is 0 Å². The molecule has 2 aromatic carbocycles. The Kier molecular flexibility index (Phi) is 5.23. The minimum atomic E-state index is -3.74. The maximum absolute atomic E-state index is 13.3. The third kappa shape index (κ3) is 4.20. The van der Waals surface area contributed by atoms with E-state index in [1.807, 2.05) is 0 Å². The van der Waals surface area contributed by atoms with Crippen molar-refractivity contribution in [3.05, 3.63) is 53.3 Å². The minimum Gasteiger partial charge on any atom is -0.497 e. The van der Waals surface area contributed by atoms with Gasteiger partial charge >= 0.3 is 0 Å². The Morgan fingerprint density at radius 1 is 1.04 bits per heavy atom. The fourth-order valence-electron chi connectivity index (χ4n) is 2.01. The van der Waals surface area contributed by atoms with E-state index in [0.717, 1.165) is 6.07 Å². The molecule has 2 aromatic rings. The van der Waals surface area contributed by atoms with Gasteiger partial charge in [-0.1, -0.05) is 0 Å². The van der Waals surface area contributed by atoms with Crippen LogP contribution in [0.25, 0.3) is 0 Å². The maximum atomic E-state index is 13.3. The van der Waals surface area contributed by atoms with Gasteiger partial charge in [0.15, 0.2) is 0 Å². The largest absolute Gasteiger partial charge is 0.497 e. The molecule has 2 rings (SSSR count). The van der Waals surface area contributed by atoms with Crippen molar-refractivity contribution in [3.63, 3.8) is 0 Å². The second-order valence-electron chi connectivity index (χ2n) is 4.96. The fourth-order valence-corrected chi connectivity index (χ4v) is 3.12. The molecule has 0 radical (unpaired) electrons. The minimum absolute atomic E-state index is 0.0197. The van der Waals surface area contributed by atoms with E-state index in [0.29, 0.717) is 17.1 Å². The smallest absolute Gasteiger partial charge is 0.240 e. The summed E-state index contributed by atoms with van der Waals surface area (Å²) in [5.41, 5.74) is 0.958. The fraction of sp³-hybridized carbons (Fsp3) is 0.250. The number of halogens is 1. The molecule has 0 atom stereocenters. The van der Waals surface area contributed by atoms with Crippen molar-refractivity contribution in [2.45, 2.75) is 18.4 Å². The normalized spacial score (nSPS) is 11.3. The molecular weight excluding hydrogens is 321 g/mol. The van der Waals surface area contributed by atoms with Crippen LogP contribution >= 0.6 is 0 Å². The van der Waals surface area contributed by atoms with Gasteiger partial charge < -0.3 is 9.47 Å². The zero-order chi connectivity index (χ0) is 17.0. The van der Waals surface area contributed by atoms with E-state index in [1.165, 1.54) is 33.3 Å².